The van der Waals surface area contributed by atoms with Gasteiger partial charge in [-0.25, -0.2) is 16.8 Å². The van der Waals surface area contributed by atoms with Crippen molar-refractivity contribution >= 4 is 25.6 Å². The molecule has 9 heteroatoms. The standard InChI is InChI=1S/C17H29N3O4S2/c1-4-18-17(20-15(2)11-14-25(3,21)22)19-12-8-13-26(23,24)16-9-6-5-7-10-16/h5-7,9-10,15H,4,8,11-14H2,1-3H3,(H2,18,19,20). The second kappa shape index (κ2) is 10.5. The number of guanidine groups is 1. The number of hydrogen-bond donors (Lipinski definition) is 2. The van der Waals surface area contributed by atoms with Crippen LogP contribution in [0.3, 0.4) is 0 Å². The van der Waals surface area contributed by atoms with Gasteiger partial charge >= 0.3 is 0 Å². The molecule has 0 heterocycles. The first-order chi connectivity index (χ1) is 12.1. The molecule has 0 saturated heterocycles. The fraction of sp³-hybridized carbons (Fsp3) is 0.588. The summed E-state index contributed by atoms with van der Waals surface area (Å²) in [6, 6.07) is 8.31. The fourth-order valence-electron chi connectivity index (χ4n) is 2.21. The molecule has 26 heavy (non-hydrogen) atoms. The van der Waals surface area contributed by atoms with Crippen molar-refractivity contribution in [1.29, 1.82) is 0 Å². The summed E-state index contributed by atoms with van der Waals surface area (Å²) in [5.41, 5.74) is 0. The van der Waals surface area contributed by atoms with Gasteiger partial charge in [0.2, 0.25) is 0 Å². The highest BCUT2D eigenvalue weighted by atomic mass is 32.2. The van der Waals surface area contributed by atoms with Crippen molar-refractivity contribution in [3.8, 4) is 0 Å². The molecule has 2 N–H and O–H groups in total. The van der Waals surface area contributed by atoms with Gasteiger partial charge in [0.05, 0.1) is 16.4 Å². The maximum atomic E-state index is 12.2. The Morgan fingerprint density at radius 1 is 1.12 bits per heavy atom. The molecule has 1 aromatic rings. The first-order valence-corrected chi connectivity index (χ1v) is 12.4. The zero-order valence-corrected chi connectivity index (χ0v) is 17.2. The van der Waals surface area contributed by atoms with Gasteiger partial charge in [-0.1, -0.05) is 18.2 Å². The lowest BCUT2D eigenvalue weighted by Crippen LogP contribution is -2.43. The van der Waals surface area contributed by atoms with Crippen LogP contribution in [0, 0.1) is 0 Å². The van der Waals surface area contributed by atoms with Gasteiger partial charge in [-0.2, -0.15) is 0 Å². The molecule has 0 aliphatic rings. The van der Waals surface area contributed by atoms with Gasteiger partial charge in [-0.05, 0) is 38.8 Å². The minimum absolute atomic E-state index is 0.0313. The predicted molar refractivity (Wildman–Crippen MR) is 106 cm³/mol. The fourth-order valence-corrected chi connectivity index (χ4v) is 4.31. The highest BCUT2D eigenvalue weighted by molar-refractivity contribution is 7.91. The smallest absolute Gasteiger partial charge is 0.191 e. The van der Waals surface area contributed by atoms with Crippen molar-refractivity contribution in [3.05, 3.63) is 30.3 Å². The average Bonchev–Trinajstić information content (AvgIpc) is 2.57. The van der Waals surface area contributed by atoms with Crippen LogP contribution < -0.4 is 10.6 Å². The second-order valence-corrected chi connectivity index (χ2v) is 10.6. The third-order valence-electron chi connectivity index (χ3n) is 3.59. The van der Waals surface area contributed by atoms with E-state index in [4.69, 9.17) is 0 Å². The summed E-state index contributed by atoms with van der Waals surface area (Å²) < 4.78 is 46.9. The Balaban J connectivity index is 2.53. The number of aliphatic imine (C=N–C) groups is 1. The number of nitrogens with zero attached hydrogens (tertiary/aromatic N) is 1. The Morgan fingerprint density at radius 3 is 2.35 bits per heavy atom. The van der Waals surface area contributed by atoms with E-state index in [2.05, 4.69) is 15.6 Å². The monoisotopic (exact) mass is 403 g/mol. The molecular formula is C17H29N3O4S2. The Morgan fingerprint density at radius 2 is 1.77 bits per heavy atom. The normalized spacial score (nSPS) is 14.0. The molecule has 0 radical (unpaired) electrons. The summed E-state index contributed by atoms with van der Waals surface area (Å²) in [4.78, 5) is 4.70. The molecule has 1 unspecified atom stereocenters. The maximum Gasteiger partial charge on any atom is 0.191 e. The third kappa shape index (κ3) is 9.19. The van der Waals surface area contributed by atoms with Gasteiger partial charge in [0, 0.05) is 25.4 Å². The van der Waals surface area contributed by atoms with E-state index in [9.17, 15) is 16.8 Å². The van der Waals surface area contributed by atoms with Gasteiger partial charge in [-0.3, -0.25) is 4.99 Å². The highest BCUT2D eigenvalue weighted by Crippen LogP contribution is 2.10. The van der Waals surface area contributed by atoms with Crippen LogP contribution in [0.4, 0.5) is 0 Å². The van der Waals surface area contributed by atoms with Crippen molar-refractivity contribution in [1.82, 2.24) is 10.6 Å². The summed E-state index contributed by atoms with van der Waals surface area (Å²) in [5, 5.41) is 6.22. The van der Waals surface area contributed by atoms with E-state index in [1.807, 2.05) is 13.8 Å². The lowest BCUT2D eigenvalue weighted by Gasteiger charge is -2.17. The number of benzene rings is 1. The van der Waals surface area contributed by atoms with Crippen LogP contribution in [-0.2, 0) is 19.7 Å². The van der Waals surface area contributed by atoms with Crippen molar-refractivity contribution in [2.45, 2.75) is 37.6 Å². The molecule has 0 saturated carbocycles. The number of hydrogen-bond acceptors (Lipinski definition) is 5. The minimum Gasteiger partial charge on any atom is -0.357 e. The van der Waals surface area contributed by atoms with Crippen LogP contribution in [0.5, 0.6) is 0 Å². The SMILES string of the molecule is CCNC(=NCCCS(=O)(=O)c1ccccc1)NC(C)CCS(C)(=O)=O. The van der Waals surface area contributed by atoms with E-state index in [0.29, 0.717) is 36.8 Å². The van der Waals surface area contributed by atoms with Gasteiger partial charge in [0.1, 0.15) is 9.84 Å². The molecule has 148 valence electrons. The van der Waals surface area contributed by atoms with Crippen LogP contribution in [0.25, 0.3) is 0 Å². The summed E-state index contributed by atoms with van der Waals surface area (Å²) >= 11 is 0. The topological polar surface area (TPSA) is 105 Å². The molecule has 1 rings (SSSR count). The Labute approximate surface area is 157 Å². The Kier molecular flexibility index (Phi) is 9.07. The number of nitrogens with one attached hydrogen (secondary N) is 2. The van der Waals surface area contributed by atoms with Crippen LogP contribution in [0.15, 0.2) is 40.2 Å². The van der Waals surface area contributed by atoms with Gasteiger partial charge in [-0.15, -0.1) is 0 Å². The summed E-state index contributed by atoms with van der Waals surface area (Å²) in [6.45, 7) is 4.84. The molecular weight excluding hydrogens is 374 g/mol. The quantitative estimate of drug-likeness (QED) is 0.346. The largest absolute Gasteiger partial charge is 0.357 e. The van der Waals surface area contributed by atoms with Crippen LogP contribution >= 0.6 is 0 Å². The molecule has 0 aliphatic carbocycles. The zero-order chi connectivity index (χ0) is 19.6. The lowest BCUT2D eigenvalue weighted by atomic mass is 10.3. The second-order valence-electron chi connectivity index (χ2n) is 6.21. The molecule has 0 fully saturated rings. The van der Waals surface area contributed by atoms with Crippen molar-refractivity contribution < 1.29 is 16.8 Å². The van der Waals surface area contributed by atoms with E-state index in [1.54, 1.807) is 30.3 Å². The van der Waals surface area contributed by atoms with Crippen LogP contribution in [0.2, 0.25) is 0 Å². The number of rotatable bonds is 10. The Hall–Kier alpha value is -1.61. The maximum absolute atomic E-state index is 12.2. The third-order valence-corrected chi connectivity index (χ3v) is 6.39. The molecule has 0 bridgehead atoms. The van der Waals surface area contributed by atoms with E-state index < -0.39 is 19.7 Å². The van der Waals surface area contributed by atoms with E-state index >= 15 is 0 Å². The first kappa shape index (κ1) is 22.4. The lowest BCUT2D eigenvalue weighted by molar-refractivity contribution is 0.581. The molecule has 7 nitrogen and oxygen atoms in total. The van der Waals surface area contributed by atoms with Crippen molar-refractivity contribution in [3.63, 3.8) is 0 Å². The van der Waals surface area contributed by atoms with Gasteiger partial charge in [0.15, 0.2) is 15.8 Å². The Bertz CT molecular complexity index is 775. The van der Waals surface area contributed by atoms with Crippen molar-refractivity contribution in [2.75, 3.05) is 30.9 Å². The molecule has 0 amide bonds. The van der Waals surface area contributed by atoms with E-state index in [-0.39, 0.29) is 17.5 Å². The highest BCUT2D eigenvalue weighted by Gasteiger charge is 2.13. The minimum atomic E-state index is -3.30. The molecule has 0 aromatic heterocycles. The molecule has 0 spiro atoms. The average molecular weight is 404 g/mol. The molecule has 1 atom stereocenters. The van der Waals surface area contributed by atoms with Crippen LogP contribution in [0.1, 0.15) is 26.7 Å². The number of sulfone groups is 2. The van der Waals surface area contributed by atoms with Crippen molar-refractivity contribution in [2.24, 2.45) is 4.99 Å². The van der Waals surface area contributed by atoms with Crippen LogP contribution in [-0.4, -0.2) is 59.7 Å². The zero-order valence-electron chi connectivity index (χ0n) is 15.6. The summed E-state index contributed by atoms with van der Waals surface area (Å²) in [6.07, 6.45) is 2.10. The van der Waals surface area contributed by atoms with Gasteiger partial charge in [0.25, 0.3) is 0 Å². The molecule has 0 aliphatic heterocycles. The summed E-state index contributed by atoms with van der Waals surface area (Å²) in [5.74, 6) is 0.699. The van der Waals surface area contributed by atoms with E-state index in [1.165, 1.54) is 6.26 Å². The van der Waals surface area contributed by atoms with Gasteiger partial charge < -0.3 is 10.6 Å². The summed E-state index contributed by atoms with van der Waals surface area (Å²) in [7, 11) is -6.29. The predicted octanol–water partition coefficient (Wildman–Crippen LogP) is 1.23. The van der Waals surface area contributed by atoms with E-state index in [0.717, 1.165) is 0 Å². The first-order valence-electron chi connectivity index (χ1n) is 8.64. The molecule has 1 aromatic carbocycles.